The van der Waals surface area contributed by atoms with Gasteiger partial charge in [0.2, 0.25) is 0 Å². The van der Waals surface area contributed by atoms with Crippen LogP contribution in [0.3, 0.4) is 0 Å². The molecule has 1 aromatic rings. The molecular formula is C11H14ClFN2. The topological polar surface area (TPSA) is 38.0 Å². The Morgan fingerprint density at radius 2 is 2.13 bits per heavy atom. The Morgan fingerprint density at radius 1 is 1.53 bits per heavy atom. The molecule has 0 aliphatic heterocycles. The highest BCUT2D eigenvalue weighted by molar-refractivity contribution is 6.31. The molecule has 1 fully saturated rings. The van der Waals surface area contributed by atoms with Crippen LogP contribution in [0.25, 0.3) is 0 Å². The molecule has 0 spiro atoms. The van der Waals surface area contributed by atoms with E-state index >= 15 is 0 Å². The average molecular weight is 229 g/mol. The molecule has 0 bridgehead atoms. The highest BCUT2D eigenvalue weighted by Gasteiger charge is 2.45. The van der Waals surface area contributed by atoms with Crippen LogP contribution < -0.4 is 11.1 Å². The molecule has 1 saturated carbocycles. The average Bonchev–Trinajstić information content (AvgIpc) is 2.70. The van der Waals surface area contributed by atoms with Gasteiger partial charge in [0.1, 0.15) is 5.82 Å². The maximum Gasteiger partial charge on any atom is 0.143 e. The fourth-order valence-corrected chi connectivity index (χ4v) is 1.75. The van der Waals surface area contributed by atoms with E-state index in [1.54, 1.807) is 6.07 Å². The number of nitrogens with two attached hydrogens (primary N) is 1. The highest BCUT2D eigenvalue weighted by atomic mass is 35.5. The summed E-state index contributed by atoms with van der Waals surface area (Å²) in [5, 5.41) is 3.37. The normalized spacial score (nSPS) is 22.5. The summed E-state index contributed by atoms with van der Waals surface area (Å²) in [5.74, 6) is -0.477. The molecular weight excluding hydrogens is 215 g/mol. The SMILES string of the molecule is CC1(C)CC1Nc1cc(Cl)c(F)cc1N. The van der Waals surface area contributed by atoms with E-state index in [0.717, 1.165) is 12.1 Å². The van der Waals surface area contributed by atoms with E-state index in [0.29, 0.717) is 17.1 Å². The van der Waals surface area contributed by atoms with Crippen molar-refractivity contribution < 1.29 is 4.39 Å². The van der Waals surface area contributed by atoms with Crippen LogP contribution in [-0.4, -0.2) is 6.04 Å². The molecule has 1 aromatic carbocycles. The van der Waals surface area contributed by atoms with Gasteiger partial charge in [0.15, 0.2) is 0 Å². The zero-order valence-corrected chi connectivity index (χ0v) is 9.53. The van der Waals surface area contributed by atoms with Crippen molar-refractivity contribution in [3.63, 3.8) is 0 Å². The molecule has 2 rings (SSSR count). The minimum atomic E-state index is -0.477. The maximum absolute atomic E-state index is 13.0. The maximum atomic E-state index is 13.0. The number of hydrogen-bond acceptors (Lipinski definition) is 2. The lowest BCUT2D eigenvalue weighted by Gasteiger charge is -2.11. The van der Waals surface area contributed by atoms with Crippen LogP contribution in [0, 0.1) is 11.2 Å². The number of nitrogens with one attached hydrogen (secondary N) is 1. The van der Waals surface area contributed by atoms with Crippen LogP contribution in [0.5, 0.6) is 0 Å². The summed E-state index contributed by atoms with van der Waals surface area (Å²) in [6.07, 6.45) is 1.10. The molecule has 15 heavy (non-hydrogen) atoms. The molecule has 82 valence electrons. The van der Waals surface area contributed by atoms with Gasteiger partial charge >= 0.3 is 0 Å². The second-order valence-corrected chi connectivity index (χ2v) is 5.15. The van der Waals surface area contributed by atoms with E-state index in [-0.39, 0.29) is 5.02 Å². The van der Waals surface area contributed by atoms with Crippen molar-refractivity contribution in [2.45, 2.75) is 26.3 Å². The second-order valence-electron chi connectivity index (χ2n) is 4.74. The Bertz CT molecular complexity index is 404. The molecule has 0 aromatic heterocycles. The van der Waals surface area contributed by atoms with Crippen molar-refractivity contribution in [3.8, 4) is 0 Å². The van der Waals surface area contributed by atoms with E-state index in [4.69, 9.17) is 17.3 Å². The van der Waals surface area contributed by atoms with Crippen LogP contribution in [0.2, 0.25) is 5.02 Å². The molecule has 0 heterocycles. The van der Waals surface area contributed by atoms with Gasteiger partial charge in [-0.3, -0.25) is 0 Å². The predicted molar refractivity (Wildman–Crippen MR) is 61.6 cm³/mol. The van der Waals surface area contributed by atoms with E-state index in [1.807, 2.05) is 0 Å². The zero-order chi connectivity index (χ0) is 11.2. The first-order valence-electron chi connectivity index (χ1n) is 4.91. The number of halogens is 2. The molecule has 1 atom stereocenters. The van der Waals surface area contributed by atoms with Crippen LogP contribution in [-0.2, 0) is 0 Å². The molecule has 2 nitrogen and oxygen atoms in total. The smallest absolute Gasteiger partial charge is 0.143 e. The van der Waals surface area contributed by atoms with Crippen molar-refractivity contribution in [2.24, 2.45) is 5.41 Å². The molecule has 1 aliphatic rings. The molecule has 0 amide bonds. The van der Waals surface area contributed by atoms with Crippen molar-refractivity contribution >= 4 is 23.0 Å². The van der Waals surface area contributed by atoms with Gasteiger partial charge in [-0.25, -0.2) is 4.39 Å². The highest BCUT2D eigenvalue weighted by Crippen LogP contribution is 2.47. The largest absolute Gasteiger partial charge is 0.397 e. The van der Waals surface area contributed by atoms with E-state index in [1.165, 1.54) is 6.07 Å². The lowest BCUT2D eigenvalue weighted by atomic mass is 10.2. The van der Waals surface area contributed by atoms with Gasteiger partial charge in [0, 0.05) is 12.1 Å². The Balaban J connectivity index is 2.19. The first-order valence-corrected chi connectivity index (χ1v) is 5.29. The van der Waals surface area contributed by atoms with Crippen LogP contribution in [0.4, 0.5) is 15.8 Å². The number of rotatable bonds is 2. The molecule has 4 heteroatoms. The Kier molecular flexibility index (Phi) is 2.30. The van der Waals surface area contributed by atoms with Gasteiger partial charge < -0.3 is 11.1 Å². The summed E-state index contributed by atoms with van der Waals surface area (Å²) in [4.78, 5) is 0. The third-order valence-electron chi connectivity index (χ3n) is 2.94. The van der Waals surface area contributed by atoms with Crippen molar-refractivity contribution in [1.82, 2.24) is 0 Å². The Morgan fingerprint density at radius 3 is 2.67 bits per heavy atom. The van der Waals surface area contributed by atoms with Gasteiger partial charge in [-0.2, -0.15) is 0 Å². The third-order valence-corrected chi connectivity index (χ3v) is 3.23. The lowest BCUT2D eigenvalue weighted by Crippen LogP contribution is -2.10. The van der Waals surface area contributed by atoms with Crippen molar-refractivity contribution in [1.29, 1.82) is 0 Å². The summed E-state index contributed by atoms with van der Waals surface area (Å²) in [5.41, 5.74) is 7.11. The van der Waals surface area contributed by atoms with Gasteiger partial charge in [-0.1, -0.05) is 25.4 Å². The fourth-order valence-electron chi connectivity index (χ4n) is 1.59. The number of nitrogen functional groups attached to an aromatic ring is 1. The van der Waals surface area contributed by atoms with Crippen LogP contribution in [0.15, 0.2) is 12.1 Å². The van der Waals surface area contributed by atoms with Gasteiger partial charge in [-0.05, 0) is 17.9 Å². The summed E-state index contributed by atoms with van der Waals surface area (Å²) in [6, 6.07) is 3.20. The van der Waals surface area contributed by atoms with E-state index in [2.05, 4.69) is 19.2 Å². The minimum absolute atomic E-state index is 0.102. The number of hydrogen-bond donors (Lipinski definition) is 2. The first kappa shape index (κ1) is 10.6. The molecule has 1 aliphatic carbocycles. The monoisotopic (exact) mass is 228 g/mol. The summed E-state index contributed by atoms with van der Waals surface area (Å²) in [6.45, 7) is 4.35. The minimum Gasteiger partial charge on any atom is -0.397 e. The summed E-state index contributed by atoms with van der Waals surface area (Å²) < 4.78 is 13.0. The first-order chi connectivity index (χ1) is 6.90. The standard InChI is InChI=1S/C11H14ClFN2/c1-11(2)5-10(11)15-9-3-6(12)7(13)4-8(9)14/h3-4,10,15H,5,14H2,1-2H3. The second kappa shape index (κ2) is 3.27. The Labute approximate surface area is 93.6 Å². The molecule has 0 saturated heterocycles. The molecule has 3 N–H and O–H groups in total. The fraction of sp³-hybridized carbons (Fsp3) is 0.455. The lowest BCUT2D eigenvalue weighted by molar-refractivity contribution is 0.626. The van der Waals surface area contributed by atoms with Crippen LogP contribution >= 0.6 is 11.6 Å². The van der Waals surface area contributed by atoms with Crippen LogP contribution in [0.1, 0.15) is 20.3 Å². The van der Waals surface area contributed by atoms with Gasteiger partial charge in [0.25, 0.3) is 0 Å². The van der Waals surface area contributed by atoms with Crippen molar-refractivity contribution in [3.05, 3.63) is 23.0 Å². The van der Waals surface area contributed by atoms with Gasteiger partial charge in [-0.15, -0.1) is 0 Å². The number of benzene rings is 1. The van der Waals surface area contributed by atoms with Gasteiger partial charge in [0.05, 0.1) is 16.4 Å². The third kappa shape index (κ3) is 2.02. The number of anilines is 2. The molecule has 0 radical (unpaired) electrons. The van der Waals surface area contributed by atoms with E-state index in [9.17, 15) is 4.39 Å². The van der Waals surface area contributed by atoms with E-state index < -0.39 is 5.82 Å². The predicted octanol–water partition coefficient (Wildman–Crippen LogP) is 3.27. The summed E-state index contributed by atoms with van der Waals surface area (Å²) >= 11 is 5.69. The quantitative estimate of drug-likeness (QED) is 0.763. The zero-order valence-electron chi connectivity index (χ0n) is 8.77. The summed E-state index contributed by atoms with van der Waals surface area (Å²) in [7, 11) is 0. The molecule has 1 unspecified atom stereocenters. The van der Waals surface area contributed by atoms with Crippen molar-refractivity contribution in [2.75, 3.05) is 11.1 Å². The Hall–Kier alpha value is -0.960.